The van der Waals surface area contributed by atoms with Crippen molar-refractivity contribution in [2.24, 2.45) is 0 Å². The maximum Gasteiger partial charge on any atom is 0.145 e. The molecule has 1 aliphatic rings. The highest BCUT2D eigenvalue weighted by molar-refractivity contribution is 7.85. The van der Waals surface area contributed by atoms with Crippen molar-refractivity contribution in [1.82, 2.24) is 19.1 Å². The van der Waals surface area contributed by atoms with Crippen LogP contribution in [0.4, 0.5) is 0 Å². The highest BCUT2D eigenvalue weighted by Crippen LogP contribution is 2.44. The van der Waals surface area contributed by atoms with E-state index < -0.39 is 10.8 Å². The van der Waals surface area contributed by atoms with Crippen LogP contribution in [0.5, 0.6) is 0 Å². The number of nitrogens with zero attached hydrogens (tertiary/aromatic N) is 4. The van der Waals surface area contributed by atoms with Crippen LogP contribution in [0.3, 0.4) is 0 Å². The molecule has 0 fully saturated rings. The highest BCUT2D eigenvalue weighted by atomic mass is 32.2. The average Bonchev–Trinajstić information content (AvgIpc) is 3.63. The Balaban J connectivity index is 1.29. The molecule has 0 bridgehead atoms. The monoisotopic (exact) mass is 532 g/mol. The van der Waals surface area contributed by atoms with E-state index in [1.54, 1.807) is 0 Å². The van der Waals surface area contributed by atoms with Crippen LogP contribution >= 0.6 is 0 Å². The van der Waals surface area contributed by atoms with E-state index in [0.29, 0.717) is 0 Å². The van der Waals surface area contributed by atoms with Gasteiger partial charge in [-0.25, -0.2) is 14.2 Å². The maximum atomic E-state index is 13.6. The first-order valence-corrected chi connectivity index (χ1v) is 14.3. The Hall–Kier alpha value is -5.07. The number of aromatic nitrogens is 4. The number of hydrogen-bond donors (Lipinski definition) is 0. The van der Waals surface area contributed by atoms with Gasteiger partial charge in [-0.1, -0.05) is 36.4 Å². The lowest BCUT2D eigenvalue weighted by Crippen LogP contribution is -1.97. The summed E-state index contributed by atoms with van der Waals surface area (Å²) >= 11 is 0. The fourth-order valence-corrected chi connectivity index (χ4v) is 7.65. The van der Waals surface area contributed by atoms with Crippen molar-refractivity contribution in [3.8, 4) is 22.5 Å². The summed E-state index contributed by atoms with van der Waals surface area (Å²) in [4.78, 5) is 11.2. The van der Waals surface area contributed by atoms with Gasteiger partial charge in [0.1, 0.15) is 11.3 Å². The minimum atomic E-state index is -1.24. The smallest absolute Gasteiger partial charge is 0.145 e. The third-order valence-corrected chi connectivity index (χ3v) is 9.51. The topological polar surface area (TPSA) is 52.7 Å². The summed E-state index contributed by atoms with van der Waals surface area (Å²) in [6.45, 7) is 0. The molecular formula is C34H20N4OS. The van der Waals surface area contributed by atoms with Crippen molar-refractivity contribution in [3.05, 3.63) is 122 Å². The molecular weight excluding hydrogens is 512 g/mol. The van der Waals surface area contributed by atoms with E-state index in [9.17, 15) is 4.21 Å². The molecule has 4 aromatic carbocycles. The number of hydrogen-bond acceptors (Lipinski definition) is 3. The second-order valence-electron chi connectivity index (χ2n) is 10.1. The third-order valence-electron chi connectivity index (χ3n) is 8.00. The summed E-state index contributed by atoms with van der Waals surface area (Å²) in [5.41, 5.74) is 7.99. The Bertz CT molecular complexity index is 2090. The molecule has 5 nitrogen and oxygen atoms in total. The zero-order valence-corrected chi connectivity index (χ0v) is 22.0. The van der Waals surface area contributed by atoms with E-state index in [4.69, 9.17) is 9.97 Å². The molecule has 0 spiro atoms. The first-order chi connectivity index (χ1) is 19.8. The largest absolute Gasteiger partial charge is 0.294 e. The number of rotatable bonds is 2. The lowest BCUT2D eigenvalue weighted by molar-refractivity contribution is 0.685. The fourth-order valence-electron chi connectivity index (χ4n) is 6.29. The van der Waals surface area contributed by atoms with Gasteiger partial charge in [0.2, 0.25) is 0 Å². The van der Waals surface area contributed by atoms with Gasteiger partial charge in [0.05, 0.1) is 31.6 Å². The summed E-state index contributed by atoms with van der Waals surface area (Å²) in [6, 6.07) is 37.4. The Labute approximate surface area is 231 Å². The van der Waals surface area contributed by atoms with Crippen molar-refractivity contribution in [2.45, 2.75) is 9.79 Å². The standard InChI is InChI=1S/C34H20N4OS/c39-40-31-15-13-21(37-29-11-3-1-7-23(29)25-9-5-17-35-33(25)37)19-27(31)28-20-22(14-16-32(28)40)38-30-12-4-2-8-24(30)26-10-6-18-36-34(26)38/h1-20H. The van der Waals surface area contributed by atoms with Gasteiger partial charge < -0.3 is 0 Å². The van der Waals surface area contributed by atoms with E-state index >= 15 is 0 Å². The van der Waals surface area contributed by atoms with E-state index in [0.717, 1.165) is 76.2 Å². The first kappa shape index (κ1) is 21.8. The van der Waals surface area contributed by atoms with Gasteiger partial charge in [-0.3, -0.25) is 9.13 Å². The van der Waals surface area contributed by atoms with Crippen LogP contribution in [-0.2, 0) is 10.8 Å². The number of para-hydroxylation sites is 2. The van der Waals surface area contributed by atoms with E-state index in [-0.39, 0.29) is 0 Å². The van der Waals surface area contributed by atoms with Gasteiger partial charge in [-0.05, 0) is 72.8 Å². The van der Waals surface area contributed by atoms with E-state index in [1.807, 2.05) is 36.7 Å². The molecule has 0 unspecified atom stereocenters. The molecule has 0 saturated carbocycles. The van der Waals surface area contributed by atoms with Crippen LogP contribution in [0, 0.1) is 0 Å². The molecule has 0 N–H and O–H groups in total. The van der Waals surface area contributed by atoms with Gasteiger partial charge >= 0.3 is 0 Å². The van der Waals surface area contributed by atoms with Crippen molar-refractivity contribution in [1.29, 1.82) is 0 Å². The minimum absolute atomic E-state index is 0.838. The first-order valence-electron chi connectivity index (χ1n) is 13.2. The van der Waals surface area contributed by atoms with Gasteiger partial charge in [0.15, 0.2) is 0 Å². The van der Waals surface area contributed by atoms with Crippen LogP contribution in [0.25, 0.3) is 66.4 Å². The molecule has 40 heavy (non-hydrogen) atoms. The molecule has 0 amide bonds. The third kappa shape index (κ3) is 2.83. The molecule has 4 aromatic heterocycles. The molecule has 6 heteroatoms. The van der Waals surface area contributed by atoms with E-state index in [2.05, 4.69) is 94.1 Å². The second kappa shape index (κ2) is 7.97. The minimum Gasteiger partial charge on any atom is -0.294 e. The summed E-state index contributed by atoms with van der Waals surface area (Å²) in [5.74, 6) is 0. The summed E-state index contributed by atoms with van der Waals surface area (Å²) in [5, 5.41) is 4.56. The highest BCUT2D eigenvalue weighted by Gasteiger charge is 2.28. The Morgan fingerprint density at radius 1 is 0.500 bits per heavy atom. The predicted octanol–water partition coefficient (Wildman–Crippen LogP) is 7.82. The zero-order valence-electron chi connectivity index (χ0n) is 21.2. The van der Waals surface area contributed by atoms with Crippen LogP contribution in [0.1, 0.15) is 0 Å². The molecule has 5 heterocycles. The molecule has 0 saturated heterocycles. The molecule has 1 aliphatic heterocycles. The summed E-state index contributed by atoms with van der Waals surface area (Å²) in [7, 11) is -1.24. The SMILES string of the molecule is O=S1c2ccc(-n3c4ccccc4c4cccnc43)cc2-c2cc(-n3c4ccccc4c4cccnc43)ccc21. The predicted molar refractivity (Wildman–Crippen MR) is 161 cm³/mol. The van der Waals surface area contributed by atoms with Crippen molar-refractivity contribution in [3.63, 3.8) is 0 Å². The molecule has 9 rings (SSSR count). The summed E-state index contributed by atoms with van der Waals surface area (Å²) in [6.07, 6.45) is 3.67. The summed E-state index contributed by atoms with van der Waals surface area (Å²) < 4.78 is 18.0. The van der Waals surface area contributed by atoms with Crippen LogP contribution in [-0.4, -0.2) is 23.3 Å². The zero-order chi connectivity index (χ0) is 26.4. The second-order valence-corrected chi connectivity index (χ2v) is 11.5. The average molecular weight is 533 g/mol. The normalized spacial score (nSPS) is 13.0. The van der Waals surface area contributed by atoms with Crippen LogP contribution in [0.15, 0.2) is 131 Å². The lowest BCUT2D eigenvalue weighted by atomic mass is 10.0. The fraction of sp³-hybridized carbons (Fsp3) is 0. The van der Waals surface area contributed by atoms with Crippen molar-refractivity contribution in [2.75, 3.05) is 0 Å². The molecule has 0 radical (unpaired) electrons. The van der Waals surface area contributed by atoms with Gasteiger partial charge in [0, 0.05) is 56.4 Å². The Morgan fingerprint density at radius 2 is 0.950 bits per heavy atom. The molecule has 0 aliphatic carbocycles. The number of pyridine rings is 2. The maximum absolute atomic E-state index is 13.6. The van der Waals surface area contributed by atoms with Gasteiger partial charge in [-0.15, -0.1) is 0 Å². The van der Waals surface area contributed by atoms with E-state index in [1.165, 1.54) is 0 Å². The Kier molecular flexibility index (Phi) is 4.35. The van der Waals surface area contributed by atoms with Crippen LogP contribution < -0.4 is 0 Å². The number of benzene rings is 4. The van der Waals surface area contributed by atoms with Gasteiger partial charge in [-0.2, -0.15) is 0 Å². The molecule has 188 valence electrons. The van der Waals surface area contributed by atoms with Crippen molar-refractivity contribution >= 4 is 54.7 Å². The molecule has 8 aromatic rings. The molecule has 0 atom stereocenters. The Morgan fingerprint density at radius 3 is 1.45 bits per heavy atom. The quantitative estimate of drug-likeness (QED) is 0.228. The van der Waals surface area contributed by atoms with Crippen LogP contribution in [0.2, 0.25) is 0 Å². The van der Waals surface area contributed by atoms with Gasteiger partial charge in [0.25, 0.3) is 0 Å². The van der Waals surface area contributed by atoms with Crippen molar-refractivity contribution < 1.29 is 4.21 Å². The lowest BCUT2D eigenvalue weighted by Gasteiger charge is -2.11. The number of fused-ring (bicyclic) bond motifs is 9.